The normalized spacial score (nSPS) is 9.39. The van der Waals surface area contributed by atoms with E-state index in [9.17, 15) is 0 Å². The topological polar surface area (TPSA) is 0 Å². The van der Waals surface area contributed by atoms with E-state index >= 15 is 0 Å². The van der Waals surface area contributed by atoms with E-state index in [2.05, 4.69) is 42.8 Å². The van der Waals surface area contributed by atoms with Gasteiger partial charge in [-0.15, -0.1) is 0 Å². The molecule has 130 valence electrons. The molecule has 0 spiro atoms. The number of nitrogens with zero attached hydrogens (tertiary/aromatic N) is 1. The van der Waals surface area contributed by atoms with E-state index in [0.29, 0.717) is 4.48 Å². The van der Waals surface area contributed by atoms with E-state index in [-0.39, 0.29) is 17.0 Å². The average molecular weight is 380 g/mol. The lowest BCUT2D eigenvalue weighted by Crippen LogP contribution is -3.00. The minimum absolute atomic E-state index is 0. The monoisotopic (exact) mass is 379 g/mol. The molecule has 0 aliphatic heterocycles. The van der Waals surface area contributed by atoms with Gasteiger partial charge in [-0.2, -0.15) is 0 Å². The second-order valence-electron chi connectivity index (χ2n) is 5.80. The van der Waals surface area contributed by atoms with Crippen LogP contribution in [-0.4, -0.2) is 11.0 Å². The van der Waals surface area contributed by atoms with Gasteiger partial charge in [0.15, 0.2) is 18.1 Å². The standard InChI is InChI=1S/C21H34N.BrH/c1-5-9-10-11-12-13-14-15-16-17-21-22(18-6-2,19-7-3)20-8-4;/h5,9-17,21H2,1-4H3;1H/q+1;/p-1. The zero-order valence-corrected chi connectivity index (χ0v) is 17.2. The molecule has 0 fully saturated rings. The maximum atomic E-state index is 3.17. The lowest BCUT2D eigenvalue weighted by molar-refractivity contribution is -0.721. The minimum atomic E-state index is 0. The minimum Gasteiger partial charge on any atom is -1.00 e. The lowest BCUT2D eigenvalue weighted by atomic mass is 10.1. The van der Waals surface area contributed by atoms with Crippen LogP contribution in [0, 0.1) is 35.9 Å². The van der Waals surface area contributed by atoms with Crippen LogP contribution in [-0.2, 0) is 0 Å². The molecule has 0 unspecified atom stereocenters. The molecule has 0 aliphatic carbocycles. The fourth-order valence-electron chi connectivity index (χ4n) is 2.66. The van der Waals surface area contributed by atoms with Crippen molar-refractivity contribution >= 4 is 0 Å². The molecule has 0 atom stereocenters. The second kappa shape index (κ2) is 17.5. The fourth-order valence-corrected chi connectivity index (χ4v) is 2.66. The molecule has 0 amide bonds. The zero-order chi connectivity index (χ0) is 16.5. The van der Waals surface area contributed by atoms with Crippen molar-refractivity contribution in [1.29, 1.82) is 0 Å². The molecule has 0 bridgehead atoms. The smallest absolute Gasteiger partial charge is 0.166 e. The van der Waals surface area contributed by atoms with Crippen LogP contribution < -0.4 is 17.0 Å². The first-order chi connectivity index (χ1) is 10.7. The van der Waals surface area contributed by atoms with Crippen molar-refractivity contribution in [3.63, 3.8) is 0 Å². The van der Waals surface area contributed by atoms with Gasteiger partial charge in [0.1, 0.15) is 6.54 Å². The molecule has 0 rings (SSSR count). The van der Waals surface area contributed by atoms with E-state index < -0.39 is 0 Å². The molecule has 0 aromatic heterocycles. The van der Waals surface area contributed by atoms with Crippen LogP contribution in [0.15, 0.2) is 0 Å². The highest BCUT2D eigenvalue weighted by Crippen LogP contribution is 2.12. The maximum absolute atomic E-state index is 3.17. The summed E-state index contributed by atoms with van der Waals surface area (Å²) < 4.78 is 0.320. The molecule has 1 nitrogen and oxygen atoms in total. The molecule has 0 aliphatic rings. The molecular formula is C21H34BrN. The summed E-state index contributed by atoms with van der Waals surface area (Å²) >= 11 is 0. The number of hydrogen-bond acceptors (Lipinski definition) is 0. The molecule has 0 N–H and O–H groups in total. The third-order valence-electron chi connectivity index (χ3n) is 3.76. The predicted molar refractivity (Wildman–Crippen MR) is 97.3 cm³/mol. The van der Waals surface area contributed by atoms with Crippen LogP contribution >= 0.6 is 0 Å². The van der Waals surface area contributed by atoms with Crippen molar-refractivity contribution in [2.75, 3.05) is 6.54 Å². The van der Waals surface area contributed by atoms with Gasteiger partial charge in [-0.1, -0.05) is 62.8 Å². The summed E-state index contributed by atoms with van der Waals surface area (Å²) in [5.74, 6) is 8.94. The Balaban J connectivity index is 0. The van der Waals surface area contributed by atoms with Gasteiger partial charge in [0.05, 0.1) is 0 Å². The van der Waals surface area contributed by atoms with E-state index in [1.54, 1.807) is 0 Å². The Kier molecular flexibility index (Phi) is 18.5. The van der Waals surface area contributed by atoms with Gasteiger partial charge in [0.2, 0.25) is 0 Å². The van der Waals surface area contributed by atoms with Gasteiger partial charge >= 0.3 is 0 Å². The lowest BCUT2D eigenvalue weighted by Gasteiger charge is -2.15. The SMILES string of the molecule is CC#C[N+](C#CC)(C#CC)CCCCCCCCCCCC.[Br-]. The summed E-state index contributed by atoms with van der Waals surface area (Å²) in [7, 11) is 0. The highest BCUT2D eigenvalue weighted by molar-refractivity contribution is 5.05. The molecule has 0 aromatic rings. The highest BCUT2D eigenvalue weighted by Gasteiger charge is 2.21. The fraction of sp³-hybridized carbons (Fsp3) is 0.714. The van der Waals surface area contributed by atoms with Crippen LogP contribution in [0.3, 0.4) is 0 Å². The number of hydrogen-bond donors (Lipinski definition) is 0. The van der Waals surface area contributed by atoms with Gasteiger partial charge in [-0.05, 0) is 30.6 Å². The average Bonchev–Trinajstić information content (AvgIpc) is 2.50. The third-order valence-corrected chi connectivity index (χ3v) is 3.76. The molecule has 0 aromatic carbocycles. The highest BCUT2D eigenvalue weighted by atomic mass is 79.9. The maximum Gasteiger partial charge on any atom is 0.166 e. The number of unbranched alkanes of at least 4 members (excludes halogenated alkanes) is 9. The Labute approximate surface area is 156 Å². The van der Waals surface area contributed by atoms with Gasteiger partial charge in [-0.25, -0.2) is 0 Å². The third kappa shape index (κ3) is 13.3. The van der Waals surface area contributed by atoms with E-state index in [1.165, 1.54) is 57.8 Å². The summed E-state index contributed by atoms with van der Waals surface area (Å²) in [6, 6.07) is 9.51. The summed E-state index contributed by atoms with van der Waals surface area (Å²) in [6.45, 7) is 8.77. The first-order valence-electron chi connectivity index (χ1n) is 8.94. The van der Waals surface area contributed by atoms with Gasteiger partial charge in [-0.3, -0.25) is 0 Å². The van der Waals surface area contributed by atoms with Crippen molar-refractivity contribution in [1.82, 2.24) is 0 Å². The number of halogens is 1. The van der Waals surface area contributed by atoms with Crippen molar-refractivity contribution in [2.24, 2.45) is 0 Å². The quantitative estimate of drug-likeness (QED) is 0.294. The van der Waals surface area contributed by atoms with Gasteiger partial charge < -0.3 is 17.0 Å². The number of quaternary nitrogens is 1. The first kappa shape index (κ1) is 24.4. The predicted octanol–water partition coefficient (Wildman–Crippen LogP) is 2.67. The largest absolute Gasteiger partial charge is 1.00 e. The summed E-state index contributed by atoms with van der Waals surface area (Å²) in [6.07, 6.45) is 13.5. The molecular weight excluding hydrogens is 346 g/mol. The summed E-state index contributed by atoms with van der Waals surface area (Å²) in [4.78, 5) is 0. The molecule has 23 heavy (non-hydrogen) atoms. The van der Waals surface area contributed by atoms with Crippen LogP contribution in [0.4, 0.5) is 0 Å². The summed E-state index contributed by atoms with van der Waals surface area (Å²) in [5, 5.41) is 0. The Morgan fingerprint density at radius 3 is 1.26 bits per heavy atom. The molecule has 0 saturated heterocycles. The van der Waals surface area contributed by atoms with Crippen molar-refractivity contribution in [3.8, 4) is 35.9 Å². The van der Waals surface area contributed by atoms with Crippen LogP contribution in [0.2, 0.25) is 0 Å². The summed E-state index contributed by atoms with van der Waals surface area (Å²) in [5.41, 5.74) is 0. The van der Waals surface area contributed by atoms with Crippen molar-refractivity contribution < 1.29 is 21.5 Å². The van der Waals surface area contributed by atoms with E-state index in [1.807, 2.05) is 20.8 Å². The Hall–Kier alpha value is -0.880. The van der Waals surface area contributed by atoms with E-state index in [4.69, 9.17) is 0 Å². The second-order valence-corrected chi connectivity index (χ2v) is 5.80. The van der Waals surface area contributed by atoms with Gasteiger partial charge in [0, 0.05) is 20.8 Å². The van der Waals surface area contributed by atoms with Crippen LogP contribution in [0.5, 0.6) is 0 Å². The number of rotatable bonds is 11. The van der Waals surface area contributed by atoms with E-state index in [0.717, 1.165) is 13.0 Å². The van der Waals surface area contributed by atoms with Gasteiger partial charge in [0.25, 0.3) is 0 Å². The van der Waals surface area contributed by atoms with Crippen LogP contribution in [0.25, 0.3) is 0 Å². The van der Waals surface area contributed by atoms with Crippen LogP contribution in [0.1, 0.15) is 91.9 Å². The Morgan fingerprint density at radius 2 is 0.913 bits per heavy atom. The zero-order valence-electron chi connectivity index (χ0n) is 15.6. The first-order valence-corrected chi connectivity index (χ1v) is 8.94. The Morgan fingerprint density at radius 1 is 0.565 bits per heavy atom. The molecule has 0 radical (unpaired) electrons. The Bertz CT molecular complexity index is 397. The molecule has 2 heteroatoms. The molecule has 0 heterocycles. The molecule has 0 saturated carbocycles. The van der Waals surface area contributed by atoms with Crippen molar-refractivity contribution in [3.05, 3.63) is 0 Å². The van der Waals surface area contributed by atoms with Crippen molar-refractivity contribution in [2.45, 2.75) is 91.9 Å².